The minimum Gasteiger partial charge on any atom is -0.396 e. The minimum atomic E-state index is -0.261. The van der Waals surface area contributed by atoms with Crippen molar-refractivity contribution in [1.29, 1.82) is 0 Å². The molecule has 5 nitrogen and oxygen atoms in total. The van der Waals surface area contributed by atoms with Gasteiger partial charge < -0.3 is 20.5 Å². The van der Waals surface area contributed by atoms with Crippen molar-refractivity contribution in [1.82, 2.24) is 10.6 Å². The molecule has 0 saturated carbocycles. The van der Waals surface area contributed by atoms with E-state index in [4.69, 9.17) is 21.4 Å². The normalized spacial score (nSPS) is 14.2. The molecular formula is C17H27ClN2O3. The van der Waals surface area contributed by atoms with Crippen molar-refractivity contribution in [2.75, 3.05) is 20.3 Å². The standard InChI is InChI=1S/C17H27ClN2O3/c1-12(15(23-4)13-5-7-14(18)8-6-13)20-16(22)19-11-17(2,3)9-10-21/h5-8,12,15,21H,9-11H2,1-4H3,(H2,19,20,22). The van der Waals surface area contributed by atoms with Gasteiger partial charge in [-0.2, -0.15) is 0 Å². The van der Waals surface area contributed by atoms with Crippen LogP contribution in [0.15, 0.2) is 24.3 Å². The Labute approximate surface area is 143 Å². The third-order valence-electron chi connectivity index (χ3n) is 3.78. The molecule has 0 bridgehead atoms. The maximum Gasteiger partial charge on any atom is 0.315 e. The molecule has 6 heteroatoms. The molecule has 130 valence electrons. The third kappa shape index (κ3) is 6.77. The van der Waals surface area contributed by atoms with Crippen LogP contribution >= 0.6 is 11.6 Å². The lowest BCUT2D eigenvalue weighted by atomic mass is 9.90. The number of aliphatic hydroxyl groups excluding tert-OH is 1. The second kappa shape index (κ2) is 9.11. The van der Waals surface area contributed by atoms with Crippen LogP contribution in [0.4, 0.5) is 4.79 Å². The smallest absolute Gasteiger partial charge is 0.315 e. The van der Waals surface area contributed by atoms with Gasteiger partial charge in [-0.3, -0.25) is 0 Å². The van der Waals surface area contributed by atoms with Crippen molar-refractivity contribution in [2.24, 2.45) is 5.41 Å². The summed E-state index contributed by atoms with van der Waals surface area (Å²) in [5.74, 6) is 0. The highest BCUT2D eigenvalue weighted by Gasteiger charge is 2.22. The second-order valence-corrected chi connectivity index (χ2v) is 6.90. The van der Waals surface area contributed by atoms with E-state index in [0.717, 1.165) is 5.56 Å². The summed E-state index contributed by atoms with van der Waals surface area (Å²) in [7, 11) is 1.61. The van der Waals surface area contributed by atoms with Gasteiger partial charge in [0, 0.05) is 25.3 Å². The SMILES string of the molecule is COC(c1ccc(Cl)cc1)C(C)NC(=O)NCC(C)(C)CCO. The largest absolute Gasteiger partial charge is 0.396 e. The van der Waals surface area contributed by atoms with Gasteiger partial charge in [0.05, 0.1) is 6.04 Å². The van der Waals surface area contributed by atoms with Gasteiger partial charge >= 0.3 is 6.03 Å². The van der Waals surface area contributed by atoms with Crippen molar-refractivity contribution < 1.29 is 14.6 Å². The van der Waals surface area contributed by atoms with Crippen LogP contribution in [-0.2, 0) is 4.74 Å². The Kier molecular flexibility index (Phi) is 7.82. The molecule has 0 fully saturated rings. The highest BCUT2D eigenvalue weighted by atomic mass is 35.5. The Morgan fingerprint density at radius 3 is 2.48 bits per heavy atom. The van der Waals surface area contributed by atoms with Gasteiger partial charge in [0.1, 0.15) is 6.10 Å². The first-order chi connectivity index (χ1) is 10.8. The summed E-state index contributed by atoms with van der Waals surface area (Å²) in [6, 6.07) is 6.91. The minimum absolute atomic E-state index is 0.106. The molecule has 1 rings (SSSR count). The van der Waals surface area contributed by atoms with Crippen molar-refractivity contribution >= 4 is 17.6 Å². The predicted octanol–water partition coefficient (Wildman–Crippen LogP) is 3.12. The molecule has 3 N–H and O–H groups in total. The zero-order chi connectivity index (χ0) is 17.5. The van der Waals surface area contributed by atoms with Gasteiger partial charge in [-0.15, -0.1) is 0 Å². The van der Waals surface area contributed by atoms with E-state index in [1.54, 1.807) is 19.2 Å². The maximum atomic E-state index is 12.0. The molecule has 23 heavy (non-hydrogen) atoms. The van der Waals surface area contributed by atoms with E-state index in [1.807, 2.05) is 32.9 Å². The molecule has 2 atom stereocenters. The molecule has 0 aliphatic rings. The van der Waals surface area contributed by atoms with Crippen molar-refractivity contribution in [3.63, 3.8) is 0 Å². The van der Waals surface area contributed by atoms with Crippen molar-refractivity contribution in [3.8, 4) is 0 Å². The number of aliphatic hydroxyl groups is 1. The van der Waals surface area contributed by atoms with Gasteiger partial charge in [0.25, 0.3) is 0 Å². The summed E-state index contributed by atoms with van der Waals surface area (Å²) in [5, 5.41) is 15.4. The monoisotopic (exact) mass is 342 g/mol. The molecule has 0 aromatic heterocycles. The summed E-state index contributed by atoms with van der Waals surface area (Å²) in [5.41, 5.74) is 0.803. The van der Waals surface area contributed by atoms with Gasteiger partial charge in [0.15, 0.2) is 0 Å². The number of methoxy groups -OCH3 is 1. The average Bonchev–Trinajstić information content (AvgIpc) is 2.48. The molecule has 0 radical (unpaired) electrons. The molecule has 0 saturated heterocycles. The quantitative estimate of drug-likeness (QED) is 0.679. The fourth-order valence-corrected chi connectivity index (χ4v) is 2.45. The number of hydrogen-bond acceptors (Lipinski definition) is 3. The van der Waals surface area contributed by atoms with E-state index >= 15 is 0 Å². The van der Waals surface area contributed by atoms with Gasteiger partial charge in [0.2, 0.25) is 0 Å². The van der Waals surface area contributed by atoms with E-state index in [9.17, 15) is 4.79 Å². The number of carbonyl (C=O) groups excluding carboxylic acids is 1. The number of carbonyl (C=O) groups is 1. The van der Waals surface area contributed by atoms with Gasteiger partial charge in [-0.1, -0.05) is 37.6 Å². The summed E-state index contributed by atoms with van der Waals surface area (Å²) in [6.45, 7) is 6.48. The van der Waals surface area contributed by atoms with Crippen LogP contribution in [0, 0.1) is 5.41 Å². The number of hydrogen-bond donors (Lipinski definition) is 3. The highest BCUT2D eigenvalue weighted by molar-refractivity contribution is 6.30. The van der Waals surface area contributed by atoms with Crippen LogP contribution < -0.4 is 10.6 Å². The predicted molar refractivity (Wildman–Crippen MR) is 92.7 cm³/mol. The molecule has 2 unspecified atom stereocenters. The van der Waals surface area contributed by atoms with Crippen LogP contribution in [-0.4, -0.2) is 37.4 Å². The summed E-state index contributed by atoms with van der Waals surface area (Å²) in [4.78, 5) is 12.0. The fraction of sp³-hybridized carbons (Fsp3) is 0.588. The number of amides is 2. The molecule has 2 amide bonds. The van der Waals surface area contributed by atoms with Crippen molar-refractivity contribution in [3.05, 3.63) is 34.9 Å². The first kappa shape index (κ1) is 19.7. The number of urea groups is 1. The Balaban J connectivity index is 2.57. The number of ether oxygens (including phenoxy) is 1. The first-order valence-corrected chi connectivity index (χ1v) is 8.10. The van der Waals surface area contributed by atoms with E-state index in [0.29, 0.717) is 18.0 Å². The average molecular weight is 343 g/mol. The number of nitrogens with one attached hydrogen (secondary N) is 2. The van der Waals surface area contributed by atoms with Crippen LogP contribution in [0.25, 0.3) is 0 Å². The Morgan fingerprint density at radius 1 is 1.35 bits per heavy atom. The number of rotatable bonds is 8. The van der Waals surface area contributed by atoms with Crippen LogP contribution in [0.5, 0.6) is 0 Å². The fourth-order valence-electron chi connectivity index (χ4n) is 2.33. The van der Waals surface area contributed by atoms with E-state index in [-0.39, 0.29) is 30.2 Å². The summed E-state index contributed by atoms with van der Waals surface area (Å²) >= 11 is 5.89. The number of halogens is 1. The molecule has 1 aromatic carbocycles. The van der Waals surface area contributed by atoms with Gasteiger partial charge in [-0.05, 0) is 36.5 Å². The molecule has 0 aliphatic carbocycles. The summed E-state index contributed by atoms with van der Waals surface area (Å²) < 4.78 is 5.50. The first-order valence-electron chi connectivity index (χ1n) is 7.72. The molecule has 0 heterocycles. The highest BCUT2D eigenvalue weighted by Crippen LogP contribution is 2.22. The Morgan fingerprint density at radius 2 is 1.96 bits per heavy atom. The molecule has 0 aliphatic heterocycles. The van der Waals surface area contributed by atoms with Crippen LogP contribution in [0.3, 0.4) is 0 Å². The second-order valence-electron chi connectivity index (χ2n) is 6.46. The van der Waals surface area contributed by atoms with Crippen LogP contribution in [0.1, 0.15) is 38.9 Å². The molecule has 1 aromatic rings. The third-order valence-corrected chi connectivity index (χ3v) is 4.03. The summed E-state index contributed by atoms with van der Waals surface area (Å²) in [6.07, 6.45) is 0.373. The van der Waals surface area contributed by atoms with E-state index in [1.165, 1.54) is 0 Å². The molecule has 0 spiro atoms. The Bertz CT molecular complexity index is 491. The number of benzene rings is 1. The van der Waals surface area contributed by atoms with E-state index < -0.39 is 0 Å². The zero-order valence-electron chi connectivity index (χ0n) is 14.2. The van der Waals surface area contributed by atoms with E-state index in [2.05, 4.69) is 10.6 Å². The zero-order valence-corrected chi connectivity index (χ0v) is 15.0. The maximum absolute atomic E-state index is 12.0. The molecular weight excluding hydrogens is 316 g/mol. The lowest BCUT2D eigenvalue weighted by Crippen LogP contribution is -2.46. The lowest BCUT2D eigenvalue weighted by molar-refractivity contribution is 0.0760. The van der Waals surface area contributed by atoms with Gasteiger partial charge in [-0.25, -0.2) is 4.79 Å². The van der Waals surface area contributed by atoms with Crippen molar-refractivity contribution in [2.45, 2.75) is 39.3 Å². The van der Waals surface area contributed by atoms with Crippen LogP contribution in [0.2, 0.25) is 5.02 Å². The topological polar surface area (TPSA) is 70.6 Å². The lowest BCUT2D eigenvalue weighted by Gasteiger charge is -2.27. The Hall–Kier alpha value is -1.30.